The molecule has 1 aliphatic rings. The molecule has 6 heteroatoms. The normalized spacial score (nSPS) is 25.5. The van der Waals surface area contributed by atoms with Gasteiger partial charge >= 0.3 is 11.9 Å². The number of cyclic esters (lactones) is 1. The van der Waals surface area contributed by atoms with Crippen LogP contribution in [-0.2, 0) is 19.1 Å². The van der Waals surface area contributed by atoms with Crippen LogP contribution in [0.4, 0.5) is 0 Å². The third-order valence-corrected chi connectivity index (χ3v) is 2.13. The fourth-order valence-electron chi connectivity index (χ4n) is 1.45. The highest BCUT2D eigenvalue weighted by Gasteiger charge is 2.29. The third-order valence-electron chi connectivity index (χ3n) is 2.13. The number of ether oxygens (including phenoxy) is 2. The zero-order chi connectivity index (χ0) is 11.3. The Morgan fingerprint density at radius 3 is 3.00 bits per heavy atom. The highest BCUT2D eigenvalue weighted by atomic mass is 16.6. The molecule has 1 fully saturated rings. The summed E-state index contributed by atoms with van der Waals surface area (Å²) in [5, 5.41) is 2.83. The molecule has 0 spiro atoms. The van der Waals surface area contributed by atoms with Gasteiger partial charge in [0.1, 0.15) is 12.1 Å². The van der Waals surface area contributed by atoms with Crippen LogP contribution in [0.5, 0.6) is 0 Å². The first-order chi connectivity index (χ1) is 7.11. The van der Waals surface area contributed by atoms with Crippen molar-refractivity contribution < 1.29 is 19.1 Å². The van der Waals surface area contributed by atoms with Crippen LogP contribution in [-0.4, -0.2) is 30.7 Å². The van der Waals surface area contributed by atoms with E-state index in [9.17, 15) is 14.5 Å². The predicted molar refractivity (Wildman–Crippen MR) is 49.9 cm³/mol. The van der Waals surface area contributed by atoms with Crippen molar-refractivity contribution in [1.29, 1.82) is 0 Å². The fourth-order valence-corrected chi connectivity index (χ4v) is 1.45. The van der Waals surface area contributed by atoms with Crippen molar-refractivity contribution in [2.75, 3.05) is 6.61 Å². The van der Waals surface area contributed by atoms with E-state index in [1.807, 2.05) is 0 Å². The molecule has 6 nitrogen and oxygen atoms in total. The maximum absolute atomic E-state index is 11.0. The minimum atomic E-state index is -0.506. The zero-order valence-corrected chi connectivity index (χ0v) is 8.47. The van der Waals surface area contributed by atoms with Gasteiger partial charge in [0.15, 0.2) is 0 Å². The largest absolute Gasteiger partial charge is 0.466 e. The summed E-state index contributed by atoms with van der Waals surface area (Å²) in [6.45, 7) is 1.50. The summed E-state index contributed by atoms with van der Waals surface area (Å²) in [7, 11) is 0. The summed E-state index contributed by atoms with van der Waals surface area (Å²) in [5.74, 6) is -0.791. The van der Waals surface area contributed by atoms with E-state index in [0.717, 1.165) is 0 Å². The Labute approximate surface area is 86.9 Å². The minimum Gasteiger partial charge on any atom is -0.466 e. The molecular formula is C9H13NO5. The second-order valence-electron chi connectivity index (χ2n) is 3.44. The van der Waals surface area contributed by atoms with Gasteiger partial charge < -0.3 is 9.47 Å². The summed E-state index contributed by atoms with van der Waals surface area (Å²) < 4.78 is 9.68. The van der Waals surface area contributed by atoms with Crippen LogP contribution in [0.3, 0.4) is 0 Å². The smallest absolute Gasteiger partial charge is 0.308 e. The number of carbonyl (C=O) groups is 2. The Morgan fingerprint density at radius 2 is 2.40 bits per heavy atom. The molecule has 0 bridgehead atoms. The number of carbonyl (C=O) groups excluding carboxylic acids is 2. The van der Waals surface area contributed by atoms with Gasteiger partial charge in [-0.1, -0.05) is 5.18 Å². The van der Waals surface area contributed by atoms with Gasteiger partial charge in [0.05, 0.1) is 13.0 Å². The summed E-state index contributed by atoms with van der Waals surface area (Å²) in [5.41, 5.74) is 0. The Morgan fingerprint density at radius 1 is 1.67 bits per heavy atom. The van der Waals surface area contributed by atoms with Gasteiger partial charge in [0, 0.05) is 19.8 Å². The van der Waals surface area contributed by atoms with E-state index in [4.69, 9.17) is 9.47 Å². The van der Waals surface area contributed by atoms with Gasteiger partial charge in [-0.25, -0.2) is 0 Å². The molecule has 1 rings (SSSR count). The van der Waals surface area contributed by atoms with E-state index in [0.29, 0.717) is 12.8 Å². The molecule has 1 unspecified atom stereocenters. The molecule has 1 heterocycles. The van der Waals surface area contributed by atoms with Crippen LogP contribution in [0.2, 0.25) is 0 Å². The van der Waals surface area contributed by atoms with Crippen molar-refractivity contribution in [3.63, 3.8) is 0 Å². The van der Waals surface area contributed by atoms with Gasteiger partial charge in [0.25, 0.3) is 0 Å². The number of nitrogens with zero attached hydrogens (tertiary/aromatic N) is 1. The molecule has 84 valence electrons. The Balaban J connectivity index is 2.31. The molecule has 1 aliphatic heterocycles. The van der Waals surface area contributed by atoms with Crippen molar-refractivity contribution in [3.05, 3.63) is 4.91 Å². The molecule has 0 N–H and O–H groups in total. The number of hydrogen-bond acceptors (Lipinski definition) is 6. The summed E-state index contributed by atoms with van der Waals surface area (Å²) in [6.07, 6.45) is 0.509. The third kappa shape index (κ3) is 4.05. The molecule has 15 heavy (non-hydrogen) atoms. The molecule has 0 aromatic rings. The Bertz CT molecular complexity index is 265. The highest BCUT2D eigenvalue weighted by molar-refractivity contribution is 5.71. The lowest BCUT2D eigenvalue weighted by Gasteiger charge is -2.24. The maximum Gasteiger partial charge on any atom is 0.308 e. The van der Waals surface area contributed by atoms with Crippen molar-refractivity contribution >= 4 is 11.9 Å². The van der Waals surface area contributed by atoms with Crippen LogP contribution in [0.1, 0.15) is 26.2 Å². The van der Waals surface area contributed by atoms with Crippen LogP contribution >= 0.6 is 0 Å². The van der Waals surface area contributed by atoms with Gasteiger partial charge in [-0.2, -0.15) is 4.91 Å². The molecule has 0 aliphatic carbocycles. The van der Waals surface area contributed by atoms with E-state index in [1.54, 1.807) is 0 Å². The van der Waals surface area contributed by atoms with Crippen LogP contribution < -0.4 is 0 Å². The second kappa shape index (κ2) is 5.43. The van der Waals surface area contributed by atoms with Gasteiger partial charge in [0.2, 0.25) is 0 Å². The topological polar surface area (TPSA) is 82.0 Å². The molecule has 0 aromatic carbocycles. The van der Waals surface area contributed by atoms with Crippen molar-refractivity contribution in [2.45, 2.75) is 38.3 Å². The summed E-state index contributed by atoms with van der Waals surface area (Å²) in [6, 6.07) is -0.506. The van der Waals surface area contributed by atoms with Crippen LogP contribution in [0.25, 0.3) is 0 Å². The first kappa shape index (κ1) is 11.6. The van der Waals surface area contributed by atoms with E-state index in [1.165, 1.54) is 6.92 Å². The Kier molecular flexibility index (Phi) is 4.20. The number of esters is 2. The van der Waals surface area contributed by atoms with Crippen molar-refractivity contribution in [3.8, 4) is 0 Å². The van der Waals surface area contributed by atoms with Crippen molar-refractivity contribution in [2.24, 2.45) is 5.18 Å². The maximum atomic E-state index is 11.0. The number of rotatable bonds is 4. The molecule has 0 radical (unpaired) electrons. The van der Waals surface area contributed by atoms with Gasteiger partial charge in [-0.3, -0.25) is 9.59 Å². The summed E-state index contributed by atoms with van der Waals surface area (Å²) >= 11 is 0. The molecule has 1 saturated heterocycles. The first-order valence-electron chi connectivity index (χ1n) is 4.77. The average Bonchev–Trinajstić information content (AvgIpc) is 2.16. The number of nitroso groups, excluding NO2 is 1. The average molecular weight is 215 g/mol. The van der Waals surface area contributed by atoms with E-state index in [-0.39, 0.29) is 25.1 Å². The van der Waals surface area contributed by atoms with Gasteiger partial charge in [-0.05, 0) is 0 Å². The summed E-state index contributed by atoms with van der Waals surface area (Å²) in [4.78, 5) is 31.8. The monoisotopic (exact) mass is 215 g/mol. The molecule has 0 amide bonds. The first-order valence-corrected chi connectivity index (χ1v) is 4.77. The van der Waals surface area contributed by atoms with Crippen LogP contribution in [0, 0.1) is 4.91 Å². The highest BCUT2D eigenvalue weighted by Crippen LogP contribution is 2.19. The van der Waals surface area contributed by atoms with E-state index in [2.05, 4.69) is 5.18 Å². The number of hydrogen-bond donors (Lipinski definition) is 0. The zero-order valence-electron chi connectivity index (χ0n) is 8.47. The van der Waals surface area contributed by atoms with E-state index < -0.39 is 12.0 Å². The lowest BCUT2D eigenvalue weighted by atomic mass is 10.0. The van der Waals surface area contributed by atoms with Crippen molar-refractivity contribution in [1.82, 2.24) is 0 Å². The van der Waals surface area contributed by atoms with E-state index >= 15 is 0 Å². The standard InChI is InChI=1S/C9H13NO5/c1-6(11)14-3-2-8-4-7(10-13)5-9(12)15-8/h7-8H,2-5H2,1H3/t7-,8?/m1/s1. The molecule has 0 aromatic heterocycles. The molecule has 0 saturated carbocycles. The van der Waals surface area contributed by atoms with Gasteiger partial charge in [-0.15, -0.1) is 0 Å². The molecule has 2 atom stereocenters. The minimum absolute atomic E-state index is 0.0492. The molecular weight excluding hydrogens is 202 g/mol. The predicted octanol–water partition coefficient (Wildman–Crippen LogP) is 0.780. The quantitative estimate of drug-likeness (QED) is 0.511. The Hall–Kier alpha value is -1.46. The fraction of sp³-hybridized carbons (Fsp3) is 0.778. The second-order valence-corrected chi connectivity index (χ2v) is 3.44. The SMILES string of the molecule is CC(=O)OCCC1C[C@@H](N=O)CC(=O)O1. The van der Waals surface area contributed by atoms with Crippen LogP contribution in [0.15, 0.2) is 5.18 Å². The lowest BCUT2D eigenvalue weighted by Crippen LogP contribution is -2.32. The lowest BCUT2D eigenvalue weighted by molar-refractivity contribution is -0.156.